The van der Waals surface area contributed by atoms with Gasteiger partial charge in [0, 0.05) is 45.4 Å². The van der Waals surface area contributed by atoms with Crippen LogP contribution < -0.4 is 9.64 Å². The minimum absolute atomic E-state index is 0.0127. The summed E-state index contributed by atoms with van der Waals surface area (Å²) in [4.78, 5) is 30.8. The molecule has 4 rings (SSSR count). The Kier molecular flexibility index (Phi) is 5.48. The highest BCUT2D eigenvalue weighted by molar-refractivity contribution is 7.16. The third-order valence-electron chi connectivity index (χ3n) is 4.82. The van der Waals surface area contributed by atoms with Crippen LogP contribution in [-0.2, 0) is 0 Å². The van der Waals surface area contributed by atoms with Crippen molar-refractivity contribution in [2.45, 2.75) is 25.9 Å². The molecule has 3 aromatic heterocycles. The predicted octanol–water partition coefficient (Wildman–Crippen LogP) is 2.78. The van der Waals surface area contributed by atoms with Gasteiger partial charge in [0.2, 0.25) is 0 Å². The summed E-state index contributed by atoms with van der Waals surface area (Å²) in [5.41, 5.74) is 0.760. The molecule has 4 heterocycles. The molecule has 1 fully saturated rings. The number of hydrogen-bond acceptors (Lipinski definition) is 7. The minimum Gasteiger partial charge on any atom is -0.470 e. The molecule has 0 spiro atoms. The van der Waals surface area contributed by atoms with Gasteiger partial charge in [-0.15, -0.1) is 0 Å². The molecule has 152 valence electrons. The van der Waals surface area contributed by atoms with Gasteiger partial charge in [-0.1, -0.05) is 11.3 Å². The first kappa shape index (κ1) is 19.4. The monoisotopic (exact) mass is 412 g/mol. The zero-order chi connectivity index (χ0) is 20.4. The minimum atomic E-state index is -0.111. The first-order chi connectivity index (χ1) is 14.0. The lowest BCUT2D eigenvalue weighted by Gasteiger charge is -2.32. The van der Waals surface area contributed by atoms with Gasteiger partial charge in [-0.25, -0.2) is 15.0 Å². The molecule has 1 aliphatic heterocycles. The predicted molar refractivity (Wildman–Crippen MR) is 112 cm³/mol. The molecule has 0 saturated carbocycles. The highest BCUT2D eigenvalue weighted by atomic mass is 32.1. The maximum atomic E-state index is 13.2. The Morgan fingerprint density at radius 3 is 2.76 bits per heavy atom. The van der Waals surface area contributed by atoms with Gasteiger partial charge in [0.05, 0.1) is 12.2 Å². The van der Waals surface area contributed by atoms with Crippen molar-refractivity contribution >= 4 is 23.1 Å². The first-order valence-corrected chi connectivity index (χ1v) is 10.4. The van der Waals surface area contributed by atoms with E-state index in [2.05, 4.69) is 15.0 Å². The van der Waals surface area contributed by atoms with Crippen LogP contribution in [0.15, 0.2) is 36.9 Å². The van der Waals surface area contributed by atoms with Crippen LogP contribution in [0.5, 0.6) is 5.88 Å². The number of hydrogen-bond donors (Lipinski definition) is 0. The highest BCUT2D eigenvalue weighted by Crippen LogP contribution is 2.27. The lowest BCUT2D eigenvalue weighted by molar-refractivity contribution is 0.0531. The molecule has 0 aliphatic carbocycles. The maximum Gasteiger partial charge on any atom is 0.266 e. The van der Waals surface area contributed by atoms with E-state index in [0.29, 0.717) is 23.1 Å². The lowest BCUT2D eigenvalue weighted by atomic mass is 10.1. The fraction of sp³-hybridized carbons (Fsp3) is 0.400. The quantitative estimate of drug-likeness (QED) is 0.641. The van der Waals surface area contributed by atoms with E-state index < -0.39 is 0 Å². The Labute approximate surface area is 173 Å². The molecule has 8 nitrogen and oxygen atoms in total. The number of amides is 1. The fourth-order valence-electron chi connectivity index (χ4n) is 3.38. The van der Waals surface area contributed by atoms with E-state index in [-0.39, 0.29) is 12.0 Å². The number of anilines is 1. The number of nitrogens with zero attached hydrogens (tertiary/aromatic N) is 6. The molecule has 1 aliphatic rings. The maximum absolute atomic E-state index is 13.2. The van der Waals surface area contributed by atoms with Gasteiger partial charge in [-0.3, -0.25) is 4.79 Å². The highest BCUT2D eigenvalue weighted by Gasteiger charge is 2.29. The smallest absolute Gasteiger partial charge is 0.266 e. The molecule has 1 amide bonds. The second kappa shape index (κ2) is 8.20. The number of aryl methyl sites for hydroxylation is 1. The third-order valence-corrected chi connectivity index (χ3v) is 5.98. The first-order valence-electron chi connectivity index (χ1n) is 9.58. The molecule has 29 heavy (non-hydrogen) atoms. The average molecular weight is 413 g/mol. The number of rotatable bonds is 5. The second-order valence-corrected chi connectivity index (χ2v) is 8.19. The van der Waals surface area contributed by atoms with Gasteiger partial charge in [0.15, 0.2) is 10.9 Å². The Morgan fingerprint density at radius 1 is 1.24 bits per heavy atom. The molecule has 1 saturated heterocycles. The SMILES string of the molecule is Cc1nc(-n2cccc2)sc1C(=O)N1CCCC(Oc2nccnc2N(C)C)C1. The summed E-state index contributed by atoms with van der Waals surface area (Å²) in [5.74, 6) is 1.20. The number of aromatic nitrogens is 4. The molecular formula is C20H24N6O2S. The summed E-state index contributed by atoms with van der Waals surface area (Å²) in [7, 11) is 3.81. The molecule has 0 bridgehead atoms. The Hall–Kier alpha value is -2.94. The Balaban J connectivity index is 1.48. The van der Waals surface area contributed by atoms with Crippen LogP contribution in [0, 0.1) is 6.92 Å². The van der Waals surface area contributed by atoms with E-state index in [4.69, 9.17) is 4.74 Å². The van der Waals surface area contributed by atoms with E-state index in [1.807, 2.05) is 59.9 Å². The van der Waals surface area contributed by atoms with Crippen LogP contribution in [0.4, 0.5) is 5.82 Å². The van der Waals surface area contributed by atoms with Gasteiger partial charge in [-0.2, -0.15) is 0 Å². The van der Waals surface area contributed by atoms with Crippen molar-refractivity contribution in [3.05, 3.63) is 47.5 Å². The van der Waals surface area contributed by atoms with Crippen LogP contribution in [0.1, 0.15) is 28.2 Å². The topological polar surface area (TPSA) is 76.4 Å². The summed E-state index contributed by atoms with van der Waals surface area (Å²) in [5, 5.41) is 0.802. The average Bonchev–Trinajstić information content (AvgIpc) is 3.37. The summed E-state index contributed by atoms with van der Waals surface area (Å²) in [6.07, 6.45) is 8.78. The van der Waals surface area contributed by atoms with Crippen LogP contribution in [0.2, 0.25) is 0 Å². The summed E-state index contributed by atoms with van der Waals surface area (Å²) < 4.78 is 8.06. The zero-order valence-electron chi connectivity index (χ0n) is 16.8. The Morgan fingerprint density at radius 2 is 2.00 bits per heavy atom. The normalized spacial score (nSPS) is 16.7. The molecule has 0 radical (unpaired) electrons. The van der Waals surface area contributed by atoms with E-state index >= 15 is 0 Å². The molecule has 0 N–H and O–H groups in total. The van der Waals surface area contributed by atoms with E-state index in [0.717, 1.165) is 30.2 Å². The van der Waals surface area contributed by atoms with Crippen molar-refractivity contribution in [3.8, 4) is 11.0 Å². The Bertz CT molecular complexity index is 985. The van der Waals surface area contributed by atoms with E-state index in [1.165, 1.54) is 11.3 Å². The fourth-order valence-corrected chi connectivity index (χ4v) is 4.38. The van der Waals surface area contributed by atoms with Gasteiger partial charge >= 0.3 is 0 Å². The van der Waals surface area contributed by atoms with Crippen LogP contribution in [-0.4, -0.2) is 63.6 Å². The number of piperidine rings is 1. The zero-order valence-corrected chi connectivity index (χ0v) is 17.6. The van der Waals surface area contributed by atoms with Crippen LogP contribution >= 0.6 is 11.3 Å². The van der Waals surface area contributed by atoms with Crippen LogP contribution in [0.3, 0.4) is 0 Å². The number of likely N-dealkylation sites (tertiary alicyclic amines) is 1. The lowest BCUT2D eigenvalue weighted by Crippen LogP contribution is -2.44. The number of carbonyl (C=O) groups is 1. The van der Waals surface area contributed by atoms with Gasteiger partial charge < -0.3 is 19.1 Å². The largest absolute Gasteiger partial charge is 0.470 e. The van der Waals surface area contributed by atoms with E-state index in [9.17, 15) is 4.79 Å². The standard InChI is InChI=1S/C20H24N6O2S/c1-14-16(29-20(23-14)25-10-4-5-11-25)19(27)26-12-6-7-15(13-26)28-18-17(24(2)3)21-8-9-22-18/h4-5,8-11,15H,6-7,12-13H2,1-3H3. The number of carbonyl (C=O) groups excluding carboxylic acids is 1. The molecule has 3 aromatic rings. The van der Waals surface area contributed by atoms with Gasteiger partial charge in [0.25, 0.3) is 11.8 Å². The molecule has 1 unspecified atom stereocenters. The summed E-state index contributed by atoms with van der Waals surface area (Å²) in [6, 6.07) is 3.89. The van der Waals surface area contributed by atoms with Gasteiger partial charge in [0.1, 0.15) is 11.0 Å². The summed E-state index contributed by atoms with van der Waals surface area (Å²) >= 11 is 1.42. The van der Waals surface area contributed by atoms with Crippen molar-refractivity contribution < 1.29 is 9.53 Å². The van der Waals surface area contributed by atoms with E-state index in [1.54, 1.807) is 12.4 Å². The van der Waals surface area contributed by atoms with Gasteiger partial charge in [-0.05, 0) is 31.9 Å². The summed E-state index contributed by atoms with van der Waals surface area (Å²) in [6.45, 7) is 3.13. The number of ether oxygens (including phenoxy) is 1. The van der Waals surface area contributed by atoms with Crippen molar-refractivity contribution in [2.75, 3.05) is 32.1 Å². The van der Waals surface area contributed by atoms with Crippen LogP contribution in [0.25, 0.3) is 5.13 Å². The second-order valence-electron chi connectivity index (χ2n) is 7.21. The van der Waals surface area contributed by atoms with Crippen molar-refractivity contribution in [1.82, 2.24) is 24.4 Å². The van der Waals surface area contributed by atoms with Crippen molar-refractivity contribution in [3.63, 3.8) is 0 Å². The molecular weight excluding hydrogens is 388 g/mol. The third kappa shape index (κ3) is 4.09. The van der Waals surface area contributed by atoms with Crippen molar-refractivity contribution in [1.29, 1.82) is 0 Å². The molecule has 1 atom stereocenters. The molecule has 0 aromatic carbocycles. The number of thiazole rings is 1. The molecule has 9 heteroatoms. The van der Waals surface area contributed by atoms with Crippen molar-refractivity contribution in [2.24, 2.45) is 0 Å².